The second-order valence-corrected chi connectivity index (χ2v) is 7.38. The molecule has 1 fully saturated rings. The molecule has 1 aromatic heterocycles. The number of likely N-dealkylation sites (tertiary alicyclic amines) is 1. The Labute approximate surface area is 156 Å². The van der Waals surface area contributed by atoms with Gasteiger partial charge in [-0.15, -0.1) is 11.3 Å². The normalized spacial score (nSPS) is 22.0. The molecule has 2 unspecified atom stereocenters. The molecule has 2 aromatic rings. The molecule has 0 bridgehead atoms. The number of nitrogens with zero attached hydrogens (tertiary/aromatic N) is 2. The van der Waals surface area contributed by atoms with E-state index in [2.05, 4.69) is 4.98 Å². The molecule has 0 radical (unpaired) electrons. The van der Waals surface area contributed by atoms with Crippen LogP contribution in [0.2, 0.25) is 0 Å². The smallest absolute Gasteiger partial charge is 0.233 e. The molecule has 6 heteroatoms. The lowest BCUT2D eigenvalue weighted by molar-refractivity contribution is -0.140. The van der Waals surface area contributed by atoms with Crippen LogP contribution in [0.4, 0.5) is 0 Å². The minimum atomic E-state index is -0.184. The predicted molar refractivity (Wildman–Crippen MR) is 99.6 cm³/mol. The van der Waals surface area contributed by atoms with Gasteiger partial charge in [-0.05, 0) is 44.0 Å². The maximum absolute atomic E-state index is 12.6. The number of aromatic nitrogens is 1. The standard InChI is InChI=1S/C20H20N2O3S/c1-2-25-15-9-7-13(8-10-15)18-21-14(12-26-18)11-22-19(23)16-5-3-4-6-17(16)20(22)24/h3-4,7-10,12,16-17H,2,5-6,11H2,1H3. The van der Waals surface area contributed by atoms with Gasteiger partial charge < -0.3 is 4.74 Å². The van der Waals surface area contributed by atoms with Gasteiger partial charge >= 0.3 is 0 Å². The number of benzene rings is 1. The van der Waals surface area contributed by atoms with Gasteiger partial charge in [0.2, 0.25) is 11.8 Å². The maximum atomic E-state index is 12.6. The number of imide groups is 1. The molecule has 0 spiro atoms. The first-order chi connectivity index (χ1) is 12.7. The Hall–Kier alpha value is -2.47. The van der Waals surface area contributed by atoms with Gasteiger partial charge in [-0.3, -0.25) is 14.5 Å². The lowest BCUT2D eigenvalue weighted by Crippen LogP contribution is -2.30. The third-order valence-electron chi connectivity index (χ3n) is 4.88. The summed E-state index contributed by atoms with van der Waals surface area (Å²) < 4.78 is 5.46. The van der Waals surface area contributed by atoms with Gasteiger partial charge in [0, 0.05) is 10.9 Å². The summed E-state index contributed by atoms with van der Waals surface area (Å²) in [6, 6.07) is 7.79. The number of amides is 2. The summed E-state index contributed by atoms with van der Waals surface area (Å²) in [4.78, 5) is 31.1. The van der Waals surface area contributed by atoms with Gasteiger partial charge in [-0.2, -0.15) is 0 Å². The summed E-state index contributed by atoms with van der Waals surface area (Å²) in [7, 11) is 0. The fraction of sp³-hybridized carbons (Fsp3) is 0.350. The highest BCUT2D eigenvalue weighted by Gasteiger charge is 2.47. The minimum Gasteiger partial charge on any atom is -0.494 e. The van der Waals surface area contributed by atoms with E-state index in [1.54, 1.807) is 0 Å². The largest absolute Gasteiger partial charge is 0.494 e. The molecule has 2 atom stereocenters. The van der Waals surface area contributed by atoms with Crippen molar-refractivity contribution in [1.82, 2.24) is 9.88 Å². The first-order valence-electron chi connectivity index (χ1n) is 8.85. The zero-order valence-corrected chi connectivity index (χ0v) is 15.4. The van der Waals surface area contributed by atoms with E-state index in [4.69, 9.17) is 4.74 Å². The number of hydrogen-bond donors (Lipinski definition) is 0. The van der Waals surface area contributed by atoms with E-state index in [0.717, 1.165) is 22.0 Å². The summed E-state index contributed by atoms with van der Waals surface area (Å²) in [6.45, 7) is 2.85. The van der Waals surface area contributed by atoms with Crippen molar-refractivity contribution in [1.29, 1.82) is 0 Å². The number of carbonyl (C=O) groups excluding carboxylic acids is 2. The topological polar surface area (TPSA) is 59.5 Å². The molecule has 1 aromatic carbocycles. The van der Waals surface area contributed by atoms with E-state index in [1.165, 1.54) is 16.2 Å². The van der Waals surface area contributed by atoms with Gasteiger partial charge in [-0.25, -0.2) is 4.98 Å². The highest BCUT2D eigenvalue weighted by atomic mass is 32.1. The van der Waals surface area contributed by atoms with Crippen LogP contribution < -0.4 is 4.74 Å². The molecule has 134 valence electrons. The Kier molecular flexibility index (Phi) is 4.59. The highest BCUT2D eigenvalue weighted by Crippen LogP contribution is 2.36. The molecule has 1 saturated heterocycles. The van der Waals surface area contributed by atoms with E-state index < -0.39 is 0 Å². The van der Waals surface area contributed by atoms with Gasteiger partial charge in [0.25, 0.3) is 0 Å². The average molecular weight is 368 g/mol. The van der Waals surface area contributed by atoms with Crippen molar-refractivity contribution in [2.45, 2.75) is 26.3 Å². The summed E-state index contributed by atoms with van der Waals surface area (Å²) in [5.74, 6) is 0.353. The van der Waals surface area contributed by atoms with Crippen molar-refractivity contribution in [2.75, 3.05) is 6.61 Å². The van der Waals surface area contributed by atoms with Crippen LogP contribution in [-0.4, -0.2) is 28.3 Å². The van der Waals surface area contributed by atoms with Crippen molar-refractivity contribution in [3.05, 3.63) is 47.5 Å². The van der Waals surface area contributed by atoms with Gasteiger partial charge in [0.05, 0.1) is 30.7 Å². The van der Waals surface area contributed by atoms with E-state index in [-0.39, 0.29) is 30.2 Å². The van der Waals surface area contributed by atoms with Crippen LogP contribution in [-0.2, 0) is 16.1 Å². The van der Waals surface area contributed by atoms with Crippen LogP contribution >= 0.6 is 11.3 Å². The number of thiazole rings is 1. The zero-order chi connectivity index (χ0) is 18.1. The molecular formula is C20H20N2O3S. The van der Waals surface area contributed by atoms with E-state index >= 15 is 0 Å². The average Bonchev–Trinajstić information content (AvgIpc) is 3.23. The molecule has 0 saturated carbocycles. The van der Waals surface area contributed by atoms with Crippen LogP contribution in [0.15, 0.2) is 41.8 Å². The van der Waals surface area contributed by atoms with E-state index in [0.29, 0.717) is 19.4 Å². The number of ether oxygens (including phenoxy) is 1. The fourth-order valence-electron chi connectivity index (χ4n) is 3.56. The molecule has 0 N–H and O–H groups in total. The Morgan fingerprint density at radius 3 is 2.38 bits per heavy atom. The Bertz CT molecular complexity index is 830. The van der Waals surface area contributed by atoms with Gasteiger partial charge in [-0.1, -0.05) is 12.2 Å². The van der Waals surface area contributed by atoms with Crippen LogP contribution in [0.25, 0.3) is 10.6 Å². The minimum absolute atomic E-state index is 0.0556. The quantitative estimate of drug-likeness (QED) is 0.597. The molecule has 1 aliphatic heterocycles. The Balaban J connectivity index is 1.48. The predicted octanol–water partition coefficient (Wildman–Crippen LogP) is 3.66. The van der Waals surface area contributed by atoms with Crippen molar-refractivity contribution in [2.24, 2.45) is 11.8 Å². The second kappa shape index (κ2) is 7.03. The lowest BCUT2D eigenvalue weighted by atomic mass is 9.85. The third-order valence-corrected chi connectivity index (χ3v) is 5.82. The third kappa shape index (κ3) is 3.05. The van der Waals surface area contributed by atoms with Crippen LogP contribution in [0.1, 0.15) is 25.5 Å². The summed E-state index contributed by atoms with van der Waals surface area (Å²) >= 11 is 1.52. The number of rotatable bonds is 5. The molecule has 2 heterocycles. The molecular weight excluding hydrogens is 348 g/mol. The summed E-state index contributed by atoms with van der Waals surface area (Å²) in [6.07, 6.45) is 5.34. The van der Waals surface area contributed by atoms with E-state index in [9.17, 15) is 9.59 Å². The number of fused-ring (bicyclic) bond motifs is 1. The Morgan fingerprint density at radius 1 is 1.12 bits per heavy atom. The number of hydrogen-bond acceptors (Lipinski definition) is 5. The SMILES string of the molecule is CCOc1ccc(-c2nc(CN3C(=O)C4CC=CCC4C3=O)cs2)cc1. The van der Waals surface area contributed by atoms with Gasteiger partial charge in [0.15, 0.2) is 0 Å². The van der Waals surface area contributed by atoms with Crippen LogP contribution in [0, 0.1) is 11.8 Å². The molecule has 4 rings (SSSR count). The number of carbonyl (C=O) groups is 2. The van der Waals surface area contributed by atoms with Crippen LogP contribution in [0.5, 0.6) is 5.75 Å². The Morgan fingerprint density at radius 2 is 1.77 bits per heavy atom. The summed E-state index contributed by atoms with van der Waals surface area (Å²) in [5.41, 5.74) is 1.76. The highest BCUT2D eigenvalue weighted by molar-refractivity contribution is 7.13. The fourth-order valence-corrected chi connectivity index (χ4v) is 4.38. The van der Waals surface area contributed by atoms with Gasteiger partial charge in [0.1, 0.15) is 10.8 Å². The monoisotopic (exact) mass is 368 g/mol. The maximum Gasteiger partial charge on any atom is 0.233 e. The van der Waals surface area contributed by atoms with Crippen molar-refractivity contribution < 1.29 is 14.3 Å². The molecule has 1 aliphatic carbocycles. The lowest BCUT2D eigenvalue weighted by Gasteiger charge is -2.14. The molecule has 2 aliphatic rings. The molecule has 5 nitrogen and oxygen atoms in total. The first kappa shape index (κ1) is 17.0. The number of allylic oxidation sites excluding steroid dienone is 2. The molecule has 2 amide bonds. The van der Waals surface area contributed by atoms with Crippen LogP contribution in [0.3, 0.4) is 0 Å². The second-order valence-electron chi connectivity index (χ2n) is 6.52. The van der Waals surface area contributed by atoms with E-state index in [1.807, 2.05) is 48.7 Å². The summed E-state index contributed by atoms with van der Waals surface area (Å²) in [5, 5.41) is 2.80. The zero-order valence-electron chi connectivity index (χ0n) is 14.6. The molecule has 26 heavy (non-hydrogen) atoms. The first-order valence-corrected chi connectivity index (χ1v) is 9.73. The van der Waals surface area contributed by atoms with Crippen molar-refractivity contribution in [3.8, 4) is 16.3 Å². The van der Waals surface area contributed by atoms with Crippen molar-refractivity contribution in [3.63, 3.8) is 0 Å². The van der Waals surface area contributed by atoms with Crippen molar-refractivity contribution >= 4 is 23.2 Å².